The van der Waals surface area contributed by atoms with Crippen LogP contribution in [0.5, 0.6) is 0 Å². The standard InChI is InChI=1S/C62H115NO5/c1-3-5-7-9-11-13-15-17-27-32-36-40-44-48-52-56-62(67)68-57-53-49-45-41-37-33-29-26-24-22-20-19-21-23-25-28-31-35-39-43-47-51-55-61(66)63-59(58-64)60(65)54-50-46-42-38-34-30-18-16-14-12-10-8-6-4-2/h11,13,17,21,23,27,50,54,59-60,64-65H,3-10,12,14-16,18-20,22,24-26,28-49,51-53,55-58H2,1-2H3,(H,63,66)/b13-11-,23-21-,27-17-,54-50+. The highest BCUT2D eigenvalue weighted by molar-refractivity contribution is 5.76. The van der Waals surface area contributed by atoms with Crippen LogP contribution in [0.4, 0.5) is 0 Å². The van der Waals surface area contributed by atoms with Crippen molar-refractivity contribution in [2.45, 2.75) is 321 Å². The van der Waals surface area contributed by atoms with Crippen molar-refractivity contribution in [2.75, 3.05) is 13.2 Å². The zero-order valence-corrected chi connectivity index (χ0v) is 45.3. The molecule has 0 rings (SSSR count). The summed E-state index contributed by atoms with van der Waals surface area (Å²) in [5.74, 6) is -0.0804. The van der Waals surface area contributed by atoms with E-state index in [-0.39, 0.29) is 18.5 Å². The molecule has 6 nitrogen and oxygen atoms in total. The molecule has 0 bridgehead atoms. The molecule has 0 aromatic carbocycles. The lowest BCUT2D eigenvalue weighted by molar-refractivity contribution is -0.143. The van der Waals surface area contributed by atoms with Gasteiger partial charge in [-0.15, -0.1) is 0 Å². The predicted octanol–water partition coefficient (Wildman–Crippen LogP) is 18.6. The van der Waals surface area contributed by atoms with Crippen LogP contribution in [0.3, 0.4) is 0 Å². The number of unbranched alkanes of at least 4 members (excludes halogenated alkanes) is 38. The van der Waals surface area contributed by atoms with Gasteiger partial charge in [0.25, 0.3) is 0 Å². The van der Waals surface area contributed by atoms with Gasteiger partial charge in [-0.3, -0.25) is 9.59 Å². The van der Waals surface area contributed by atoms with E-state index in [1.54, 1.807) is 6.08 Å². The number of carbonyl (C=O) groups is 2. The Hall–Kier alpha value is -2.18. The maximum absolute atomic E-state index is 12.4. The second kappa shape index (κ2) is 57.4. The van der Waals surface area contributed by atoms with Gasteiger partial charge in [0.05, 0.1) is 25.4 Å². The normalized spacial score (nSPS) is 12.9. The molecule has 0 fully saturated rings. The number of allylic oxidation sites excluding steroid dienone is 7. The second-order valence-corrected chi connectivity index (χ2v) is 20.3. The highest BCUT2D eigenvalue weighted by Crippen LogP contribution is 2.16. The number of rotatable bonds is 55. The fourth-order valence-corrected chi connectivity index (χ4v) is 8.95. The monoisotopic (exact) mass is 954 g/mol. The van der Waals surface area contributed by atoms with Gasteiger partial charge in [-0.25, -0.2) is 0 Å². The van der Waals surface area contributed by atoms with Gasteiger partial charge in [0.1, 0.15) is 0 Å². The highest BCUT2D eigenvalue weighted by atomic mass is 16.5. The van der Waals surface area contributed by atoms with Crippen LogP contribution in [-0.4, -0.2) is 47.4 Å². The van der Waals surface area contributed by atoms with Gasteiger partial charge in [-0.1, -0.05) is 255 Å². The summed E-state index contributed by atoms with van der Waals surface area (Å²) in [7, 11) is 0. The van der Waals surface area contributed by atoms with E-state index >= 15 is 0 Å². The highest BCUT2D eigenvalue weighted by Gasteiger charge is 2.18. The number of esters is 1. The van der Waals surface area contributed by atoms with Gasteiger partial charge in [0.15, 0.2) is 0 Å². The molecular weight excluding hydrogens is 839 g/mol. The van der Waals surface area contributed by atoms with E-state index in [0.29, 0.717) is 19.4 Å². The Morgan fingerprint density at radius 1 is 0.412 bits per heavy atom. The van der Waals surface area contributed by atoms with Gasteiger partial charge in [0, 0.05) is 12.8 Å². The van der Waals surface area contributed by atoms with Gasteiger partial charge in [-0.05, 0) is 89.9 Å². The number of ether oxygens (including phenoxy) is 1. The average Bonchev–Trinajstić information content (AvgIpc) is 3.34. The lowest BCUT2D eigenvalue weighted by atomic mass is 10.0. The molecule has 0 saturated heterocycles. The van der Waals surface area contributed by atoms with Crippen molar-refractivity contribution in [3.05, 3.63) is 48.6 Å². The molecule has 0 saturated carbocycles. The first-order valence-electron chi connectivity index (χ1n) is 29.9. The molecule has 0 aromatic rings. The van der Waals surface area contributed by atoms with Crippen LogP contribution in [0, 0.1) is 0 Å². The lowest BCUT2D eigenvalue weighted by Crippen LogP contribution is -2.45. The van der Waals surface area contributed by atoms with Crippen molar-refractivity contribution in [3.63, 3.8) is 0 Å². The third-order valence-electron chi connectivity index (χ3n) is 13.6. The van der Waals surface area contributed by atoms with Gasteiger partial charge < -0.3 is 20.3 Å². The van der Waals surface area contributed by atoms with Crippen LogP contribution in [-0.2, 0) is 14.3 Å². The second-order valence-electron chi connectivity index (χ2n) is 20.3. The molecule has 0 aliphatic heterocycles. The SMILES string of the molecule is CCCCC/C=C\C/C=C\CCCCCCCC(=O)OCCCCCCCCCCCCC/C=C\CCCCCCCCCC(=O)NC(CO)C(O)/C=C/CCCCCCCCCCCCCC. The maximum Gasteiger partial charge on any atom is 0.305 e. The molecule has 3 N–H and O–H groups in total. The van der Waals surface area contributed by atoms with E-state index < -0.39 is 12.1 Å². The zero-order valence-electron chi connectivity index (χ0n) is 45.3. The van der Waals surface area contributed by atoms with Crippen LogP contribution in [0.15, 0.2) is 48.6 Å². The number of nitrogens with one attached hydrogen (secondary N) is 1. The number of aliphatic hydroxyl groups excluding tert-OH is 2. The maximum atomic E-state index is 12.4. The fraction of sp³-hybridized carbons (Fsp3) is 0.839. The molecule has 68 heavy (non-hydrogen) atoms. The van der Waals surface area contributed by atoms with Gasteiger partial charge in [-0.2, -0.15) is 0 Å². The van der Waals surface area contributed by atoms with E-state index in [1.165, 1.54) is 225 Å². The Morgan fingerprint density at radius 3 is 1.16 bits per heavy atom. The number of amides is 1. The Balaban J connectivity index is 3.45. The molecule has 398 valence electrons. The van der Waals surface area contributed by atoms with E-state index in [0.717, 1.165) is 57.8 Å². The Morgan fingerprint density at radius 2 is 0.735 bits per heavy atom. The van der Waals surface area contributed by atoms with E-state index in [9.17, 15) is 19.8 Å². The molecule has 0 spiro atoms. The van der Waals surface area contributed by atoms with E-state index in [4.69, 9.17) is 4.74 Å². The molecule has 1 amide bonds. The lowest BCUT2D eigenvalue weighted by Gasteiger charge is -2.20. The van der Waals surface area contributed by atoms with E-state index in [1.807, 2.05) is 6.08 Å². The third-order valence-corrected chi connectivity index (χ3v) is 13.6. The van der Waals surface area contributed by atoms with Crippen molar-refractivity contribution < 1.29 is 24.5 Å². The summed E-state index contributed by atoms with van der Waals surface area (Å²) in [6.07, 6.45) is 72.8. The van der Waals surface area contributed by atoms with Crippen molar-refractivity contribution >= 4 is 11.9 Å². The summed E-state index contributed by atoms with van der Waals surface area (Å²) in [6.45, 7) is 4.87. The molecule has 2 atom stereocenters. The molecular formula is C62H115NO5. The number of hydrogen-bond acceptors (Lipinski definition) is 5. The first-order chi connectivity index (χ1) is 33.5. The first kappa shape index (κ1) is 65.8. The zero-order chi connectivity index (χ0) is 49.3. The molecule has 0 aliphatic carbocycles. The Kier molecular flexibility index (Phi) is 55.6. The minimum absolute atomic E-state index is 0.00511. The Labute approximate surface area is 423 Å². The third kappa shape index (κ3) is 53.2. The largest absolute Gasteiger partial charge is 0.466 e. The van der Waals surface area contributed by atoms with E-state index in [2.05, 4.69) is 55.6 Å². The van der Waals surface area contributed by atoms with Crippen molar-refractivity contribution in [1.29, 1.82) is 0 Å². The van der Waals surface area contributed by atoms with Crippen LogP contribution in [0.1, 0.15) is 309 Å². The number of hydrogen-bond donors (Lipinski definition) is 3. The average molecular weight is 955 g/mol. The summed E-state index contributed by atoms with van der Waals surface area (Å²) >= 11 is 0. The van der Waals surface area contributed by atoms with Crippen LogP contribution in [0.2, 0.25) is 0 Å². The summed E-state index contributed by atoms with van der Waals surface area (Å²) in [5.41, 5.74) is 0. The summed E-state index contributed by atoms with van der Waals surface area (Å²) in [5, 5.41) is 23.1. The van der Waals surface area contributed by atoms with Crippen LogP contribution >= 0.6 is 0 Å². The number of carbonyl (C=O) groups excluding carboxylic acids is 2. The molecule has 0 aromatic heterocycles. The Bertz CT molecular complexity index is 1150. The quantitative estimate of drug-likeness (QED) is 0.0321. The minimum atomic E-state index is -0.849. The summed E-state index contributed by atoms with van der Waals surface area (Å²) < 4.78 is 5.47. The molecule has 0 aliphatic rings. The van der Waals surface area contributed by atoms with Gasteiger partial charge in [0.2, 0.25) is 5.91 Å². The van der Waals surface area contributed by atoms with Crippen molar-refractivity contribution in [1.82, 2.24) is 5.32 Å². The number of aliphatic hydroxyl groups is 2. The smallest absolute Gasteiger partial charge is 0.305 e. The molecule has 0 radical (unpaired) electrons. The van der Waals surface area contributed by atoms with Crippen molar-refractivity contribution in [2.24, 2.45) is 0 Å². The molecule has 6 heteroatoms. The van der Waals surface area contributed by atoms with Crippen LogP contribution < -0.4 is 5.32 Å². The first-order valence-corrected chi connectivity index (χ1v) is 29.9. The summed E-state index contributed by atoms with van der Waals surface area (Å²) in [6, 6.07) is -0.633. The molecule has 0 heterocycles. The topological polar surface area (TPSA) is 95.9 Å². The predicted molar refractivity (Wildman–Crippen MR) is 296 cm³/mol. The van der Waals surface area contributed by atoms with Gasteiger partial charge >= 0.3 is 5.97 Å². The minimum Gasteiger partial charge on any atom is -0.466 e. The molecule has 2 unspecified atom stereocenters. The summed E-state index contributed by atoms with van der Waals surface area (Å²) in [4.78, 5) is 24.5. The van der Waals surface area contributed by atoms with Crippen molar-refractivity contribution in [3.8, 4) is 0 Å². The van der Waals surface area contributed by atoms with Crippen LogP contribution in [0.25, 0.3) is 0 Å². The fourth-order valence-electron chi connectivity index (χ4n) is 8.95.